The van der Waals surface area contributed by atoms with Crippen molar-refractivity contribution in [3.8, 4) is 0 Å². The Morgan fingerprint density at radius 2 is 1.95 bits per heavy atom. The van der Waals surface area contributed by atoms with Gasteiger partial charge in [-0.3, -0.25) is 4.79 Å². The molecule has 0 aliphatic rings. The molecule has 2 nitrogen and oxygen atoms in total. The van der Waals surface area contributed by atoms with E-state index in [1.54, 1.807) is 18.7 Å². The van der Waals surface area contributed by atoms with E-state index in [2.05, 4.69) is 13.8 Å². The van der Waals surface area contributed by atoms with Crippen molar-refractivity contribution in [2.75, 3.05) is 12.4 Å². The summed E-state index contributed by atoms with van der Waals surface area (Å²) in [6, 6.07) is 0. The molecule has 0 saturated heterocycles. The van der Waals surface area contributed by atoms with Crippen LogP contribution in [0.3, 0.4) is 0 Å². The van der Waals surface area contributed by atoms with Gasteiger partial charge in [-0.2, -0.15) is 0 Å². The molecule has 2 unspecified atom stereocenters. The number of esters is 1. The SMILES string of the molecule is CCCOC(=O)C(CC(C)C)SCCCCC(C)F. The first-order valence-electron chi connectivity index (χ1n) is 7.39. The molecule has 0 radical (unpaired) electrons. The summed E-state index contributed by atoms with van der Waals surface area (Å²) < 4.78 is 17.9. The minimum atomic E-state index is -0.717. The van der Waals surface area contributed by atoms with Gasteiger partial charge in [-0.1, -0.05) is 20.8 Å². The van der Waals surface area contributed by atoms with E-state index in [0.29, 0.717) is 18.9 Å². The van der Waals surface area contributed by atoms with Crippen molar-refractivity contribution < 1.29 is 13.9 Å². The molecule has 0 N–H and O–H groups in total. The molecule has 0 heterocycles. The Morgan fingerprint density at radius 3 is 2.47 bits per heavy atom. The van der Waals surface area contributed by atoms with Crippen molar-refractivity contribution in [3.63, 3.8) is 0 Å². The van der Waals surface area contributed by atoms with Gasteiger partial charge in [0, 0.05) is 0 Å². The van der Waals surface area contributed by atoms with Crippen molar-refractivity contribution in [1.82, 2.24) is 0 Å². The summed E-state index contributed by atoms with van der Waals surface area (Å²) in [5.41, 5.74) is 0. The van der Waals surface area contributed by atoms with Gasteiger partial charge in [0.15, 0.2) is 0 Å². The molecule has 4 heteroatoms. The zero-order valence-electron chi connectivity index (χ0n) is 12.8. The monoisotopic (exact) mass is 292 g/mol. The maximum absolute atomic E-state index is 12.6. The smallest absolute Gasteiger partial charge is 0.319 e. The van der Waals surface area contributed by atoms with Gasteiger partial charge in [0.1, 0.15) is 5.25 Å². The van der Waals surface area contributed by atoms with E-state index in [-0.39, 0.29) is 11.2 Å². The summed E-state index contributed by atoms with van der Waals surface area (Å²) >= 11 is 1.66. The highest BCUT2D eigenvalue weighted by Crippen LogP contribution is 2.22. The number of carbonyl (C=O) groups is 1. The van der Waals surface area contributed by atoms with Crippen LogP contribution in [-0.4, -0.2) is 29.8 Å². The highest BCUT2D eigenvalue weighted by atomic mass is 32.2. The zero-order chi connectivity index (χ0) is 14.7. The lowest BCUT2D eigenvalue weighted by atomic mass is 10.1. The summed E-state index contributed by atoms with van der Waals surface area (Å²) in [7, 11) is 0. The standard InChI is InChI=1S/C15H29FO2S/c1-5-9-18-15(17)14(11-12(2)3)19-10-7-6-8-13(4)16/h12-14H,5-11H2,1-4H3. The Morgan fingerprint density at radius 1 is 1.26 bits per heavy atom. The predicted octanol–water partition coefficient (Wildman–Crippen LogP) is 4.62. The molecule has 0 rings (SSSR count). The van der Waals surface area contributed by atoms with E-state index < -0.39 is 6.17 Å². The van der Waals surface area contributed by atoms with E-state index in [9.17, 15) is 9.18 Å². The third kappa shape index (κ3) is 11.3. The Kier molecular flexibility index (Phi) is 11.4. The molecule has 0 fully saturated rings. The molecule has 0 aromatic rings. The van der Waals surface area contributed by atoms with Gasteiger partial charge in [0.25, 0.3) is 0 Å². The highest BCUT2D eigenvalue weighted by molar-refractivity contribution is 8.00. The molecule has 0 aromatic heterocycles. The van der Waals surface area contributed by atoms with Crippen LogP contribution >= 0.6 is 11.8 Å². The molecule has 0 bridgehead atoms. The van der Waals surface area contributed by atoms with Crippen LogP contribution in [0.25, 0.3) is 0 Å². The number of hydrogen-bond acceptors (Lipinski definition) is 3. The molecule has 0 saturated carbocycles. The van der Waals surface area contributed by atoms with Crippen molar-refractivity contribution in [3.05, 3.63) is 0 Å². The van der Waals surface area contributed by atoms with Crippen LogP contribution in [0.4, 0.5) is 4.39 Å². The molecule has 19 heavy (non-hydrogen) atoms. The number of alkyl halides is 1. The van der Waals surface area contributed by atoms with Crippen LogP contribution in [0.15, 0.2) is 0 Å². The maximum atomic E-state index is 12.6. The van der Waals surface area contributed by atoms with Gasteiger partial charge in [0.05, 0.1) is 12.8 Å². The molecule has 114 valence electrons. The van der Waals surface area contributed by atoms with Crippen LogP contribution < -0.4 is 0 Å². The van der Waals surface area contributed by atoms with Gasteiger partial charge in [-0.05, 0) is 50.7 Å². The number of carbonyl (C=O) groups excluding carboxylic acids is 1. The molecule has 0 aliphatic heterocycles. The average molecular weight is 292 g/mol. The van der Waals surface area contributed by atoms with E-state index in [1.165, 1.54) is 0 Å². The largest absolute Gasteiger partial charge is 0.465 e. The van der Waals surface area contributed by atoms with Crippen LogP contribution in [0.1, 0.15) is 59.8 Å². The summed E-state index contributed by atoms with van der Waals surface area (Å²) in [6.07, 6.45) is 3.48. The minimum Gasteiger partial charge on any atom is -0.465 e. The quantitative estimate of drug-likeness (QED) is 0.411. The number of ether oxygens (including phenoxy) is 1. The fourth-order valence-electron chi connectivity index (χ4n) is 1.71. The Labute approximate surface area is 121 Å². The first kappa shape index (κ1) is 18.8. The molecule has 0 spiro atoms. The van der Waals surface area contributed by atoms with E-state index >= 15 is 0 Å². The summed E-state index contributed by atoms with van der Waals surface area (Å²) in [4.78, 5) is 11.9. The Bertz CT molecular complexity index is 232. The topological polar surface area (TPSA) is 26.3 Å². The first-order chi connectivity index (χ1) is 8.97. The predicted molar refractivity (Wildman–Crippen MR) is 81.4 cm³/mol. The van der Waals surface area contributed by atoms with Crippen LogP contribution in [-0.2, 0) is 9.53 Å². The van der Waals surface area contributed by atoms with Gasteiger partial charge >= 0.3 is 5.97 Å². The number of rotatable bonds is 11. The molecular weight excluding hydrogens is 263 g/mol. The van der Waals surface area contributed by atoms with Gasteiger partial charge in [-0.25, -0.2) is 4.39 Å². The van der Waals surface area contributed by atoms with Crippen molar-refractivity contribution in [2.45, 2.75) is 71.2 Å². The third-order valence-corrected chi connectivity index (χ3v) is 4.02. The molecule has 2 atom stereocenters. The van der Waals surface area contributed by atoms with E-state index in [0.717, 1.165) is 31.4 Å². The second kappa shape index (κ2) is 11.6. The molecular formula is C15H29FO2S. The molecule has 0 aliphatic carbocycles. The fourth-order valence-corrected chi connectivity index (χ4v) is 3.09. The van der Waals surface area contributed by atoms with Crippen molar-refractivity contribution in [1.29, 1.82) is 0 Å². The summed E-state index contributed by atoms with van der Waals surface area (Å²) in [5.74, 6) is 1.31. The number of halogens is 1. The lowest BCUT2D eigenvalue weighted by Gasteiger charge is -2.17. The first-order valence-corrected chi connectivity index (χ1v) is 8.44. The average Bonchev–Trinajstić information content (AvgIpc) is 2.33. The van der Waals surface area contributed by atoms with E-state index in [4.69, 9.17) is 4.74 Å². The summed E-state index contributed by atoms with van der Waals surface area (Å²) in [5, 5.41) is -0.0608. The Balaban J connectivity index is 3.95. The highest BCUT2D eigenvalue weighted by Gasteiger charge is 2.21. The lowest BCUT2D eigenvalue weighted by molar-refractivity contribution is -0.143. The Hall–Kier alpha value is -0.250. The third-order valence-electron chi connectivity index (χ3n) is 2.71. The van der Waals surface area contributed by atoms with E-state index in [1.807, 2.05) is 6.92 Å². The summed E-state index contributed by atoms with van der Waals surface area (Å²) in [6.45, 7) is 8.33. The maximum Gasteiger partial charge on any atom is 0.319 e. The lowest BCUT2D eigenvalue weighted by Crippen LogP contribution is -2.23. The minimum absolute atomic E-state index is 0.0608. The van der Waals surface area contributed by atoms with Crippen LogP contribution in [0.5, 0.6) is 0 Å². The van der Waals surface area contributed by atoms with Crippen LogP contribution in [0, 0.1) is 5.92 Å². The second-order valence-corrected chi connectivity index (χ2v) is 6.74. The van der Waals surface area contributed by atoms with Crippen molar-refractivity contribution >= 4 is 17.7 Å². The van der Waals surface area contributed by atoms with Gasteiger partial charge < -0.3 is 4.74 Å². The van der Waals surface area contributed by atoms with Crippen LogP contribution in [0.2, 0.25) is 0 Å². The van der Waals surface area contributed by atoms with Gasteiger partial charge in [0.2, 0.25) is 0 Å². The second-order valence-electron chi connectivity index (χ2n) is 5.43. The van der Waals surface area contributed by atoms with Crippen molar-refractivity contribution in [2.24, 2.45) is 5.92 Å². The zero-order valence-corrected chi connectivity index (χ0v) is 13.6. The number of unbranched alkanes of at least 4 members (excludes halogenated alkanes) is 1. The fraction of sp³-hybridized carbons (Fsp3) is 0.933. The number of hydrogen-bond donors (Lipinski definition) is 0. The normalized spacial score (nSPS) is 14.4. The van der Waals surface area contributed by atoms with Gasteiger partial charge in [-0.15, -0.1) is 11.8 Å². The number of thioether (sulfide) groups is 1. The molecule has 0 amide bonds. The molecule has 0 aromatic carbocycles.